The molecule has 0 spiro atoms. The number of rotatable bonds is 5. The first-order chi connectivity index (χ1) is 15.0. The number of H-pyrrole nitrogens is 1. The highest BCUT2D eigenvalue weighted by molar-refractivity contribution is 7.89. The van der Waals surface area contributed by atoms with E-state index >= 15 is 0 Å². The maximum absolute atomic E-state index is 14.2. The summed E-state index contributed by atoms with van der Waals surface area (Å²) in [4.78, 5) is 14.9. The topological polar surface area (TPSA) is 81.2 Å². The Balaban J connectivity index is 1.95. The lowest BCUT2D eigenvalue weighted by Crippen LogP contribution is -2.08. The van der Waals surface area contributed by atoms with Gasteiger partial charge in [-0.3, -0.25) is 4.79 Å². The molecule has 2 aromatic heterocycles. The van der Waals surface area contributed by atoms with Gasteiger partial charge in [0.05, 0.1) is 5.75 Å². The Morgan fingerprint density at radius 3 is 2.47 bits per heavy atom. The van der Waals surface area contributed by atoms with Gasteiger partial charge < -0.3 is 14.3 Å². The van der Waals surface area contributed by atoms with Crippen LogP contribution in [0.5, 0.6) is 11.5 Å². The summed E-state index contributed by atoms with van der Waals surface area (Å²) in [6, 6.07) is 9.14. The first-order valence-corrected chi connectivity index (χ1v) is 11.8. The highest BCUT2D eigenvalue weighted by Crippen LogP contribution is 2.39. The van der Waals surface area contributed by atoms with Crippen molar-refractivity contribution in [2.75, 3.05) is 6.26 Å². The first-order valence-electron chi connectivity index (χ1n) is 9.33. The van der Waals surface area contributed by atoms with Crippen LogP contribution in [0.15, 0.2) is 53.5 Å². The molecule has 4 aromatic rings. The molecule has 0 bridgehead atoms. The summed E-state index contributed by atoms with van der Waals surface area (Å²) in [5.41, 5.74) is 1.37. The summed E-state index contributed by atoms with van der Waals surface area (Å²) in [6.07, 6.45) is 2.78. The molecule has 0 radical (unpaired) electrons. The molecule has 0 atom stereocenters. The molecule has 0 unspecified atom stereocenters. The van der Waals surface area contributed by atoms with E-state index in [1.807, 2.05) is 0 Å². The predicted molar refractivity (Wildman–Crippen MR) is 119 cm³/mol. The number of nitrogens with zero attached hydrogens (tertiary/aromatic N) is 1. The Bertz CT molecular complexity index is 1530. The predicted octanol–water partition coefficient (Wildman–Crippen LogP) is 4.80. The molecule has 0 saturated carbocycles. The minimum absolute atomic E-state index is 0.120. The van der Waals surface area contributed by atoms with Crippen LogP contribution in [-0.4, -0.2) is 24.2 Å². The van der Waals surface area contributed by atoms with Crippen molar-refractivity contribution in [3.63, 3.8) is 0 Å². The van der Waals surface area contributed by atoms with E-state index in [1.54, 1.807) is 36.0 Å². The van der Waals surface area contributed by atoms with Gasteiger partial charge >= 0.3 is 0 Å². The number of fused-ring (bicyclic) bond motifs is 1. The number of benzene rings is 2. The number of aromatic nitrogens is 2. The van der Waals surface area contributed by atoms with Crippen molar-refractivity contribution in [2.24, 2.45) is 7.05 Å². The number of ether oxygens (including phenoxy) is 1. The minimum atomic E-state index is -3.33. The van der Waals surface area contributed by atoms with Crippen molar-refractivity contribution >= 4 is 32.3 Å². The van der Waals surface area contributed by atoms with Crippen LogP contribution in [0.25, 0.3) is 22.0 Å². The summed E-state index contributed by atoms with van der Waals surface area (Å²) in [5, 5.41) is 0.622. The van der Waals surface area contributed by atoms with E-state index in [4.69, 9.17) is 16.3 Å². The van der Waals surface area contributed by atoms with Crippen molar-refractivity contribution in [2.45, 2.75) is 5.75 Å². The van der Waals surface area contributed by atoms with E-state index in [-0.39, 0.29) is 22.4 Å². The van der Waals surface area contributed by atoms with Gasteiger partial charge in [0.1, 0.15) is 22.2 Å². The maximum Gasteiger partial charge on any atom is 0.273 e. The van der Waals surface area contributed by atoms with Crippen LogP contribution < -0.4 is 10.3 Å². The lowest BCUT2D eigenvalue weighted by molar-refractivity contribution is 0.439. The molecule has 2 heterocycles. The van der Waals surface area contributed by atoms with Crippen LogP contribution in [-0.2, 0) is 22.6 Å². The van der Waals surface area contributed by atoms with Crippen molar-refractivity contribution in [1.82, 2.24) is 9.55 Å². The number of pyridine rings is 1. The zero-order valence-electron chi connectivity index (χ0n) is 16.9. The third-order valence-electron chi connectivity index (χ3n) is 4.82. The molecule has 166 valence electrons. The lowest BCUT2D eigenvalue weighted by Gasteiger charge is -2.13. The number of hydrogen-bond acceptors (Lipinski definition) is 4. The molecule has 32 heavy (non-hydrogen) atoms. The second-order valence-corrected chi connectivity index (χ2v) is 9.99. The number of hydrogen-bond donors (Lipinski definition) is 1. The normalized spacial score (nSPS) is 11.8. The van der Waals surface area contributed by atoms with Gasteiger partial charge in [-0.2, -0.15) is 0 Å². The molecule has 10 heteroatoms. The van der Waals surface area contributed by atoms with Gasteiger partial charge in [-0.25, -0.2) is 17.2 Å². The van der Waals surface area contributed by atoms with Crippen LogP contribution in [0, 0.1) is 11.6 Å². The number of sulfone groups is 1. The second kappa shape index (κ2) is 8.07. The molecule has 0 aliphatic heterocycles. The molecule has 6 nitrogen and oxygen atoms in total. The fraction of sp³-hybridized carbons (Fsp3) is 0.136. The van der Waals surface area contributed by atoms with E-state index in [2.05, 4.69) is 4.98 Å². The summed E-state index contributed by atoms with van der Waals surface area (Å²) in [7, 11) is -1.66. The molecular weight excluding hydrogens is 462 g/mol. The van der Waals surface area contributed by atoms with Crippen molar-refractivity contribution in [3.8, 4) is 22.6 Å². The van der Waals surface area contributed by atoms with Crippen LogP contribution in [0.4, 0.5) is 8.78 Å². The summed E-state index contributed by atoms with van der Waals surface area (Å²) < 4.78 is 58.5. The van der Waals surface area contributed by atoms with Crippen molar-refractivity contribution < 1.29 is 21.9 Å². The number of halogens is 3. The van der Waals surface area contributed by atoms with Crippen LogP contribution in [0.2, 0.25) is 5.15 Å². The molecule has 0 amide bonds. The Kier molecular flexibility index (Phi) is 5.56. The molecule has 0 aliphatic carbocycles. The molecule has 0 fully saturated rings. The Morgan fingerprint density at radius 1 is 1.06 bits per heavy atom. The van der Waals surface area contributed by atoms with Gasteiger partial charge in [-0.1, -0.05) is 17.7 Å². The summed E-state index contributed by atoms with van der Waals surface area (Å²) in [6.45, 7) is 0. The van der Waals surface area contributed by atoms with E-state index in [0.717, 1.165) is 18.4 Å². The molecule has 4 rings (SSSR count). The number of aromatic amines is 1. The third kappa shape index (κ3) is 4.39. The van der Waals surface area contributed by atoms with Crippen LogP contribution in [0.1, 0.15) is 5.56 Å². The SMILES string of the molecule is Cn1cc(-c2cc(CS(C)(=O)=O)ccc2Oc2ccc(F)cc2F)c2cc(Cl)[nH]c(=O)c21. The van der Waals surface area contributed by atoms with Crippen molar-refractivity contribution in [1.29, 1.82) is 0 Å². The first kappa shape index (κ1) is 22.0. The average molecular weight is 479 g/mol. The quantitative estimate of drug-likeness (QED) is 0.418. The van der Waals surface area contributed by atoms with Gasteiger partial charge in [-0.05, 0) is 35.9 Å². The Labute approximate surface area is 186 Å². The summed E-state index contributed by atoms with van der Waals surface area (Å²) >= 11 is 6.06. The standard InChI is InChI=1S/C22H17ClF2N2O4S/c1-27-10-16(15-9-20(23)26-22(28)21(15)27)14-7-12(11-32(2,29)30)3-5-18(14)31-19-6-4-13(24)8-17(19)25/h3-10H,11H2,1-2H3,(H,26,28). The zero-order chi connectivity index (χ0) is 23.2. The van der Waals surface area contributed by atoms with Gasteiger partial charge in [0.2, 0.25) is 0 Å². The number of aryl methyl sites for hydroxylation is 1. The van der Waals surface area contributed by atoms with Gasteiger partial charge in [0.15, 0.2) is 21.4 Å². The molecule has 0 saturated heterocycles. The summed E-state index contributed by atoms with van der Waals surface area (Å²) in [5.74, 6) is -1.89. The number of nitrogens with one attached hydrogen (secondary N) is 1. The molecule has 0 aliphatic rings. The monoisotopic (exact) mass is 478 g/mol. The lowest BCUT2D eigenvalue weighted by atomic mass is 10.0. The van der Waals surface area contributed by atoms with Crippen LogP contribution >= 0.6 is 11.6 Å². The van der Waals surface area contributed by atoms with E-state index in [0.29, 0.717) is 33.7 Å². The fourth-order valence-electron chi connectivity index (χ4n) is 3.56. The van der Waals surface area contributed by atoms with Gasteiger partial charge in [0, 0.05) is 42.1 Å². The van der Waals surface area contributed by atoms with Gasteiger partial charge in [-0.15, -0.1) is 0 Å². The second-order valence-electron chi connectivity index (χ2n) is 7.44. The third-order valence-corrected chi connectivity index (χ3v) is 5.88. The highest BCUT2D eigenvalue weighted by atomic mass is 35.5. The average Bonchev–Trinajstić information content (AvgIpc) is 3.00. The molecule has 2 aromatic carbocycles. The molecular formula is C22H17ClF2N2O4S. The highest BCUT2D eigenvalue weighted by Gasteiger charge is 2.19. The maximum atomic E-state index is 14.2. The van der Waals surface area contributed by atoms with E-state index < -0.39 is 27.0 Å². The Morgan fingerprint density at radius 2 is 1.78 bits per heavy atom. The van der Waals surface area contributed by atoms with Crippen LogP contribution in [0.3, 0.4) is 0 Å². The van der Waals surface area contributed by atoms with Crippen molar-refractivity contribution in [3.05, 3.63) is 81.4 Å². The minimum Gasteiger partial charge on any atom is -0.454 e. The van der Waals surface area contributed by atoms with Gasteiger partial charge in [0.25, 0.3) is 5.56 Å². The van der Waals surface area contributed by atoms with E-state index in [9.17, 15) is 22.0 Å². The smallest absolute Gasteiger partial charge is 0.273 e. The fourth-order valence-corrected chi connectivity index (χ4v) is 4.54. The van der Waals surface area contributed by atoms with E-state index in [1.165, 1.54) is 6.07 Å². The Hall–Kier alpha value is -3.17. The molecule has 1 N–H and O–H groups in total. The largest absolute Gasteiger partial charge is 0.454 e. The zero-order valence-corrected chi connectivity index (χ0v) is 18.5.